The van der Waals surface area contributed by atoms with Gasteiger partial charge in [-0.05, 0) is 12.0 Å². The molecule has 0 radical (unpaired) electrons. The highest BCUT2D eigenvalue weighted by Gasteiger charge is 2.21. The Labute approximate surface area is 116 Å². The van der Waals surface area contributed by atoms with E-state index in [1.54, 1.807) is 0 Å². The molecule has 1 atom stereocenters. The first-order valence-electron chi connectivity index (χ1n) is 6.53. The van der Waals surface area contributed by atoms with Gasteiger partial charge in [0, 0.05) is 25.2 Å². The van der Waals surface area contributed by atoms with Crippen LogP contribution in [0.15, 0.2) is 17.2 Å². The zero-order valence-corrected chi connectivity index (χ0v) is 11.1. The number of hydrogen-bond donors (Lipinski definition) is 4. The van der Waals surface area contributed by atoms with Crippen LogP contribution in [0.3, 0.4) is 0 Å². The molecule has 7 nitrogen and oxygen atoms in total. The van der Waals surface area contributed by atoms with Crippen LogP contribution < -0.4 is 5.56 Å². The Balaban J connectivity index is 2.09. The lowest BCUT2D eigenvalue weighted by Gasteiger charge is -2.24. The molecule has 1 aliphatic carbocycles. The first-order chi connectivity index (χ1) is 9.65. The van der Waals surface area contributed by atoms with Crippen LogP contribution in [0.25, 0.3) is 5.57 Å². The highest BCUT2D eigenvalue weighted by atomic mass is 16.3. The van der Waals surface area contributed by atoms with Gasteiger partial charge in [-0.3, -0.25) is 9.69 Å². The molecule has 0 saturated carbocycles. The van der Waals surface area contributed by atoms with Gasteiger partial charge in [-0.25, -0.2) is 4.98 Å². The maximum absolute atomic E-state index is 11.6. The molecule has 0 unspecified atom stereocenters. The highest BCUT2D eigenvalue weighted by molar-refractivity contribution is 5.70. The number of fused-ring (bicyclic) bond motifs is 1. The molecule has 4 N–H and O–H groups in total. The van der Waals surface area contributed by atoms with Gasteiger partial charge in [-0.1, -0.05) is 6.08 Å². The quantitative estimate of drug-likeness (QED) is 0.477. The summed E-state index contributed by atoms with van der Waals surface area (Å²) in [4.78, 5) is 20.2. The number of H-pyrrole nitrogens is 1. The van der Waals surface area contributed by atoms with E-state index in [1.807, 2.05) is 11.0 Å². The van der Waals surface area contributed by atoms with E-state index in [-0.39, 0.29) is 25.3 Å². The number of aliphatic hydroxyl groups is 3. The Kier molecular flexibility index (Phi) is 5.02. The molecule has 0 bridgehead atoms. The average Bonchev–Trinajstić information content (AvgIpc) is 2.83. The molecule has 1 heterocycles. The second kappa shape index (κ2) is 6.76. The Hall–Kier alpha value is -1.54. The summed E-state index contributed by atoms with van der Waals surface area (Å²) in [6, 6.07) is 0. The van der Waals surface area contributed by atoms with Gasteiger partial charge in [-0.15, -0.1) is 0 Å². The van der Waals surface area contributed by atoms with Gasteiger partial charge in [0.05, 0.1) is 31.3 Å². The van der Waals surface area contributed by atoms with Crippen LogP contribution in [0, 0.1) is 0 Å². The number of allylic oxidation sites excluding steroid dienone is 1. The van der Waals surface area contributed by atoms with E-state index < -0.39 is 6.10 Å². The maximum atomic E-state index is 11.6. The van der Waals surface area contributed by atoms with Gasteiger partial charge < -0.3 is 20.3 Å². The predicted octanol–water partition coefficient (Wildman–Crippen LogP) is -1.64. The molecular weight excluding hydrogens is 262 g/mol. The van der Waals surface area contributed by atoms with Crippen molar-refractivity contribution in [3.05, 3.63) is 34.0 Å². The zero-order chi connectivity index (χ0) is 14.5. The van der Waals surface area contributed by atoms with Crippen molar-refractivity contribution in [3.63, 3.8) is 0 Å². The Morgan fingerprint density at radius 1 is 1.45 bits per heavy atom. The van der Waals surface area contributed by atoms with Crippen LogP contribution in [-0.4, -0.2) is 69.1 Å². The summed E-state index contributed by atoms with van der Waals surface area (Å²) in [5, 5.41) is 27.5. The van der Waals surface area contributed by atoms with Gasteiger partial charge in [0.2, 0.25) is 0 Å². The van der Waals surface area contributed by atoms with Crippen molar-refractivity contribution in [2.75, 3.05) is 32.8 Å². The number of aromatic amines is 1. The van der Waals surface area contributed by atoms with Gasteiger partial charge in [0.1, 0.15) is 0 Å². The van der Waals surface area contributed by atoms with Crippen LogP contribution in [0.5, 0.6) is 0 Å². The molecular formula is C13H19N3O4. The average molecular weight is 281 g/mol. The molecule has 2 rings (SSSR count). The second-order valence-electron chi connectivity index (χ2n) is 4.79. The Morgan fingerprint density at radius 3 is 2.95 bits per heavy atom. The first-order valence-corrected chi connectivity index (χ1v) is 6.53. The summed E-state index contributed by atoms with van der Waals surface area (Å²) in [6.45, 7) is 0.748. The number of rotatable bonds is 7. The molecule has 0 spiro atoms. The molecule has 0 amide bonds. The smallest absolute Gasteiger partial charge is 0.254 e. The van der Waals surface area contributed by atoms with Crippen molar-refractivity contribution in [1.29, 1.82) is 0 Å². The predicted molar refractivity (Wildman–Crippen MR) is 73.2 cm³/mol. The summed E-state index contributed by atoms with van der Waals surface area (Å²) in [5.41, 5.74) is 2.10. The summed E-state index contributed by atoms with van der Waals surface area (Å²) in [5.74, 6) is 0. The van der Waals surface area contributed by atoms with E-state index in [4.69, 9.17) is 10.2 Å². The van der Waals surface area contributed by atoms with Gasteiger partial charge in [0.25, 0.3) is 5.56 Å². The number of hydrogen-bond acceptors (Lipinski definition) is 6. The molecule has 1 aromatic rings. The monoisotopic (exact) mass is 281 g/mol. The van der Waals surface area contributed by atoms with Crippen molar-refractivity contribution in [2.24, 2.45) is 0 Å². The number of nitrogens with zero attached hydrogens (tertiary/aromatic N) is 2. The molecule has 110 valence electrons. The van der Waals surface area contributed by atoms with E-state index in [1.165, 1.54) is 6.33 Å². The minimum Gasteiger partial charge on any atom is -0.395 e. The third kappa shape index (κ3) is 3.31. The molecule has 7 heteroatoms. The minimum atomic E-state index is -0.852. The van der Waals surface area contributed by atoms with E-state index in [2.05, 4.69) is 9.97 Å². The van der Waals surface area contributed by atoms with E-state index in [9.17, 15) is 9.90 Å². The van der Waals surface area contributed by atoms with Crippen LogP contribution in [0.2, 0.25) is 0 Å². The maximum Gasteiger partial charge on any atom is 0.254 e. The topological polar surface area (TPSA) is 110 Å². The van der Waals surface area contributed by atoms with Crippen molar-refractivity contribution in [1.82, 2.24) is 14.9 Å². The molecule has 1 aliphatic rings. The fourth-order valence-electron chi connectivity index (χ4n) is 2.33. The van der Waals surface area contributed by atoms with E-state index in [0.717, 1.165) is 5.57 Å². The van der Waals surface area contributed by atoms with Crippen LogP contribution in [-0.2, 0) is 6.42 Å². The molecule has 20 heavy (non-hydrogen) atoms. The summed E-state index contributed by atoms with van der Waals surface area (Å²) in [6.07, 6.45) is 3.00. The summed E-state index contributed by atoms with van der Waals surface area (Å²) < 4.78 is 0. The van der Waals surface area contributed by atoms with Gasteiger partial charge >= 0.3 is 0 Å². The number of nitrogens with one attached hydrogen (secondary N) is 1. The van der Waals surface area contributed by atoms with Crippen LogP contribution >= 0.6 is 0 Å². The number of aromatic nitrogens is 2. The molecule has 0 fully saturated rings. The van der Waals surface area contributed by atoms with E-state index in [0.29, 0.717) is 30.8 Å². The molecule has 0 saturated heterocycles. The van der Waals surface area contributed by atoms with Crippen molar-refractivity contribution < 1.29 is 15.3 Å². The van der Waals surface area contributed by atoms with Gasteiger partial charge in [0.15, 0.2) is 0 Å². The first kappa shape index (κ1) is 14.9. The van der Waals surface area contributed by atoms with E-state index >= 15 is 0 Å². The lowest BCUT2D eigenvalue weighted by molar-refractivity contribution is 0.0581. The van der Waals surface area contributed by atoms with Crippen molar-refractivity contribution >= 4 is 5.57 Å². The standard InChI is InChI=1S/C13H19N3O4/c17-4-3-16(6-10(19)7-18)5-9-1-2-11-12(9)14-8-15-13(11)20/h1,8,10,17-19H,2-7H2,(H,14,15,20)/t10-/m1/s1. The SMILES string of the molecule is O=c1[nH]cnc2c1CC=C2CN(CCO)C[C@@H](O)CO. The van der Waals surface area contributed by atoms with Crippen molar-refractivity contribution in [2.45, 2.75) is 12.5 Å². The Morgan fingerprint density at radius 2 is 2.25 bits per heavy atom. The summed E-state index contributed by atoms with van der Waals surface area (Å²) in [7, 11) is 0. The third-order valence-electron chi connectivity index (χ3n) is 3.30. The fraction of sp³-hybridized carbons (Fsp3) is 0.538. The lowest BCUT2D eigenvalue weighted by Crippen LogP contribution is -2.37. The third-order valence-corrected chi connectivity index (χ3v) is 3.30. The fourth-order valence-corrected chi connectivity index (χ4v) is 2.33. The Bertz CT molecular complexity index is 541. The van der Waals surface area contributed by atoms with Crippen molar-refractivity contribution in [3.8, 4) is 0 Å². The highest BCUT2D eigenvalue weighted by Crippen LogP contribution is 2.23. The minimum absolute atomic E-state index is 0.0406. The van der Waals surface area contributed by atoms with Crippen LogP contribution in [0.4, 0.5) is 0 Å². The number of aliphatic hydroxyl groups excluding tert-OH is 3. The lowest BCUT2D eigenvalue weighted by atomic mass is 10.1. The van der Waals surface area contributed by atoms with Crippen LogP contribution in [0.1, 0.15) is 11.3 Å². The zero-order valence-electron chi connectivity index (χ0n) is 11.1. The molecule has 1 aromatic heterocycles. The molecule has 0 aliphatic heterocycles. The normalized spacial score (nSPS) is 15.3. The van der Waals surface area contributed by atoms with Gasteiger partial charge in [-0.2, -0.15) is 0 Å². The molecule has 0 aromatic carbocycles. The summed E-state index contributed by atoms with van der Waals surface area (Å²) >= 11 is 0. The largest absolute Gasteiger partial charge is 0.395 e. The second-order valence-corrected chi connectivity index (χ2v) is 4.79.